The van der Waals surface area contributed by atoms with Gasteiger partial charge in [-0.15, -0.1) is 0 Å². The Bertz CT molecular complexity index is 1010. The molecule has 6 nitrogen and oxygen atoms in total. The molecule has 23 heavy (non-hydrogen) atoms. The summed E-state index contributed by atoms with van der Waals surface area (Å²) in [6, 6.07) is 7.60. The van der Waals surface area contributed by atoms with Crippen LogP contribution < -0.4 is 4.72 Å². The summed E-state index contributed by atoms with van der Waals surface area (Å²) in [7, 11) is -4.04. The molecule has 0 saturated heterocycles. The van der Waals surface area contributed by atoms with E-state index in [2.05, 4.69) is 19.7 Å². The van der Waals surface area contributed by atoms with Crippen molar-refractivity contribution in [1.82, 2.24) is 15.0 Å². The average molecular weight is 390 g/mol. The molecule has 3 rings (SSSR count). The average Bonchev–Trinajstić information content (AvgIpc) is 2.50. The van der Waals surface area contributed by atoms with Gasteiger partial charge >= 0.3 is 0 Å². The number of anilines is 1. The number of aromatic nitrogens is 3. The second-order valence-corrected chi connectivity index (χ2v) is 7.16. The number of hydrogen-bond donors (Lipinski definition) is 1. The first-order valence-corrected chi connectivity index (χ1v) is 8.75. The minimum Gasteiger partial charge on any atom is -0.261 e. The van der Waals surface area contributed by atoms with Crippen LogP contribution in [0.1, 0.15) is 0 Å². The van der Waals surface area contributed by atoms with Crippen molar-refractivity contribution in [1.29, 1.82) is 0 Å². The fraction of sp³-hybridized carbons (Fsp3) is 0. The van der Waals surface area contributed by atoms with E-state index in [1.807, 2.05) is 0 Å². The van der Waals surface area contributed by atoms with Gasteiger partial charge in [0.25, 0.3) is 10.0 Å². The largest absolute Gasteiger partial charge is 0.264 e. The molecule has 1 N–H and O–H groups in total. The van der Waals surface area contributed by atoms with Crippen molar-refractivity contribution in [3.8, 4) is 0 Å². The van der Waals surface area contributed by atoms with Gasteiger partial charge in [-0.05, 0) is 24.3 Å². The highest BCUT2D eigenvalue weighted by atomic mass is 35.5. The van der Waals surface area contributed by atoms with E-state index in [9.17, 15) is 8.42 Å². The predicted octanol–water partition coefficient (Wildman–Crippen LogP) is 3.79. The molecule has 1 aromatic carbocycles. The van der Waals surface area contributed by atoms with Gasteiger partial charge in [0, 0.05) is 6.20 Å². The Morgan fingerprint density at radius 1 is 1.00 bits per heavy atom. The van der Waals surface area contributed by atoms with Gasteiger partial charge in [0.2, 0.25) is 0 Å². The van der Waals surface area contributed by atoms with Crippen molar-refractivity contribution in [3.63, 3.8) is 0 Å². The molecule has 0 aliphatic carbocycles. The van der Waals surface area contributed by atoms with Crippen LogP contribution in [-0.4, -0.2) is 23.4 Å². The van der Waals surface area contributed by atoms with E-state index in [4.69, 9.17) is 34.8 Å². The van der Waals surface area contributed by atoms with Crippen molar-refractivity contribution >= 4 is 61.8 Å². The molecule has 0 fully saturated rings. The second-order valence-electron chi connectivity index (χ2n) is 4.37. The third kappa shape index (κ3) is 3.18. The summed E-state index contributed by atoms with van der Waals surface area (Å²) in [6.45, 7) is 0. The van der Waals surface area contributed by atoms with E-state index < -0.39 is 10.0 Å². The van der Waals surface area contributed by atoms with Gasteiger partial charge in [-0.25, -0.2) is 23.4 Å². The number of halogens is 3. The van der Waals surface area contributed by atoms with Crippen LogP contribution in [0.25, 0.3) is 11.2 Å². The molecule has 0 unspecified atom stereocenters. The van der Waals surface area contributed by atoms with Gasteiger partial charge in [-0.2, -0.15) is 0 Å². The Balaban J connectivity index is 2.07. The first-order valence-electron chi connectivity index (χ1n) is 6.13. The number of fused-ring (bicyclic) bond motifs is 1. The van der Waals surface area contributed by atoms with Gasteiger partial charge < -0.3 is 0 Å². The lowest BCUT2D eigenvalue weighted by molar-refractivity contribution is 0.601. The van der Waals surface area contributed by atoms with Crippen molar-refractivity contribution in [2.75, 3.05) is 4.72 Å². The standard InChI is InChI=1S/C13H7Cl3N4O2S/c14-7-3-1-5-9(10(7)15)23(21,22)20-13-11(16)18-8-4-2-6-17-12(8)19-13/h1-6H,(H,17,19,20). The highest BCUT2D eigenvalue weighted by Gasteiger charge is 2.22. The molecule has 2 aromatic heterocycles. The van der Waals surface area contributed by atoms with Gasteiger partial charge in [0.1, 0.15) is 10.4 Å². The van der Waals surface area contributed by atoms with Crippen LogP contribution in [0.5, 0.6) is 0 Å². The van der Waals surface area contributed by atoms with Gasteiger partial charge in [0.15, 0.2) is 16.6 Å². The number of nitrogens with one attached hydrogen (secondary N) is 1. The van der Waals surface area contributed by atoms with Gasteiger partial charge in [-0.3, -0.25) is 4.72 Å². The highest BCUT2D eigenvalue weighted by Crippen LogP contribution is 2.31. The summed E-state index contributed by atoms with van der Waals surface area (Å²) in [5.41, 5.74) is 0.702. The number of pyridine rings is 1. The summed E-state index contributed by atoms with van der Waals surface area (Å²) >= 11 is 17.8. The Labute approximate surface area is 146 Å². The lowest BCUT2D eigenvalue weighted by Crippen LogP contribution is -2.15. The van der Waals surface area contributed by atoms with Crippen LogP contribution in [0.2, 0.25) is 15.2 Å². The molecule has 10 heteroatoms. The molecular formula is C13H7Cl3N4O2S. The lowest BCUT2D eigenvalue weighted by atomic mass is 10.4. The first kappa shape index (κ1) is 16.2. The summed E-state index contributed by atoms with van der Waals surface area (Å²) in [6.07, 6.45) is 1.51. The molecule has 0 aliphatic rings. The first-order chi connectivity index (χ1) is 10.9. The summed E-state index contributed by atoms with van der Waals surface area (Å²) in [4.78, 5) is 11.9. The maximum atomic E-state index is 12.5. The zero-order valence-corrected chi connectivity index (χ0v) is 14.2. The topological polar surface area (TPSA) is 84.8 Å². The second kappa shape index (κ2) is 6.09. The van der Waals surface area contributed by atoms with E-state index >= 15 is 0 Å². The number of benzene rings is 1. The van der Waals surface area contributed by atoms with Crippen molar-refractivity contribution in [2.45, 2.75) is 4.90 Å². The monoisotopic (exact) mass is 388 g/mol. The van der Waals surface area contributed by atoms with Crippen LogP contribution in [0.15, 0.2) is 41.4 Å². The number of rotatable bonds is 3. The third-order valence-electron chi connectivity index (χ3n) is 2.83. The fourth-order valence-corrected chi connectivity index (χ4v) is 3.82. The van der Waals surface area contributed by atoms with Crippen LogP contribution in [0, 0.1) is 0 Å². The molecule has 0 saturated carbocycles. The number of sulfonamides is 1. The van der Waals surface area contributed by atoms with Crippen molar-refractivity contribution in [2.24, 2.45) is 0 Å². The summed E-state index contributed by atoms with van der Waals surface area (Å²) in [5, 5.41) is -0.0798. The minimum absolute atomic E-state index is 0.0929. The zero-order chi connectivity index (χ0) is 16.6. The van der Waals surface area contributed by atoms with Crippen LogP contribution in [0.3, 0.4) is 0 Å². The van der Waals surface area contributed by atoms with E-state index in [0.29, 0.717) is 5.52 Å². The maximum absolute atomic E-state index is 12.5. The Morgan fingerprint density at radius 3 is 2.57 bits per heavy atom. The molecule has 0 spiro atoms. The van der Waals surface area contributed by atoms with Gasteiger partial charge in [-0.1, -0.05) is 40.9 Å². The predicted molar refractivity (Wildman–Crippen MR) is 89.6 cm³/mol. The smallest absolute Gasteiger partial charge is 0.261 e. The van der Waals surface area contributed by atoms with E-state index in [0.717, 1.165) is 0 Å². The molecule has 3 aromatic rings. The summed E-state index contributed by atoms with van der Waals surface area (Å²) < 4.78 is 27.2. The molecule has 0 atom stereocenters. The molecule has 0 amide bonds. The highest BCUT2D eigenvalue weighted by molar-refractivity contribution is 7.92. The molecule has 0 radical (unpaired) electrons. The lowest BCUT2D eigenvalue weighted by Gasteiger charge is -2.10. The number of nitrogens with zero attached hydrogens (tertiary/aromatic N) is 3. The van der Waals surface area contributed by atoms with Crippen molar-refractivity contribution < 1.29 is 8.42 Å². The fourth-order valence-electron chi connectivity index (χ4n) is 1.81. The quantitative estimate of drug-likeness (QED) is 0.736. The van der Waals surface area contributed by atoms with Gasteiger partial charge in [0.05, 0.1) is 10.0 Å². The Hall–Kier alpha value is -1.67. The van der Waals surface area contributed by atoms with Crippen molar-refractivity contribution in [3.05, 3.63) is 51.7 Å². The molecule has 2 heterocycles. The number of hydrogen-bond acceptors (Lipinski definition) is 5. The van der Waals surface area contributed by atoms with E-state index in [1.165, 1.54) is 24.4 Å². The van der Waals surface area contributed by atoms with E-state index in [1.54, 1.807) is 12.1 Å². The third-order valence-corrected chi connectivity index (χ3v) is 5.41. The molecule has 0 bridgehead atoms. The Morgan fingerprint density at radius 2 is 1.78 bits per heavy atom. The SMILES string of the molecule is O=S(=O)(Nc1nc2ncccc2nc1Cl)c1cccc(Cl)c1Cl. The molecular weight excluding hydrogens is 383 g/mol. The summed E-state index contributed by atoms with van der Waals surface area (Å²) in [5.74, 6) is -0.145. The molecule has 0 aliphatic heterocycles. The maximum Gasteiger partial charge on any atom is 0.264 e. The van der Waals surface area contributed by atoms with E-state index in [-0.39, 0.29) is 31.6 Å². The normalized spacial score (nSPS) is 11.6. The minimum atomic E-state index is -4.04. The Kier molecular flexibility index (Phi) is 4.29. The van der Waals surface area contributed by atoms with Crippen LogP contribution in [0.4, 0.5) is 5.82 Å². The molecule has 118 valence electrons. The zero-order valence-electron chi connectivity index (χ0n) is 11.2. The van der Waals surface area contributed by atoms with Crippen LogP contribution in [-0.2, 0) is 10.0 Å². The van der Waals surface area contributed by atoms with Crippen LogP contribution >= 0.6 is 34.8 Å².